The summed E-state index contributed by atoms with van der Waals surface area (Å²) in [7, 11) is 3.47. The van der Waals surface area contributed by atoms with Gasteiger partial charge in [0.2, 0.25) is 0 Å². The summed E-state index contributed by atoms with van der Waals surface area (Å²) in [6, 6.07) is 5.14. The SMILES string of the molecule is Cc1ccc(-c2cnn(C)c2)cc1S(=O)(=O)Cl. The van der Waals surface area contributed by atoms with Gasteiger partial charge in [0.05, 0.1) is 11.1 Å². The van der Waals surface area contributed by atoms with Gasteiger partial charge in [-0.05, 0) is 24.1 Å². The molecule has 0 fully saturated rings. The second-order valence-corrected chi connectivity index (χ2v) is 6.36. The zero-order valence-corrected chi connectivity index (χ0v) is 11.0. The van der Waals surface area contributed by atoms with Crippen molar-refractivity contribution < 1.29 is 8.42 Å². The average molecular weight is 271 g/mol. The number of rotatable bonds is 2. The molecule has 0 saturated carbocycles. The Morgan fingerprint density at radius 1 is 1.29 bits per heavy atom. The van der Waals surface area contributed by atoms with Crippen molar-refractivity contribution in [2.24, 2.45) is 7.05 Å². The number of aryl methyl sites for hydroxylation is 2. The standard InChI is InChI=1S/C11H11ClN2O2S/c1-8-3-4-9(5-11(8)17(12,15)16)10-6-13-14(2)7-10/h3-7H,1-2H3. The third kappa shape index (κ3) is 2.50. The lowest BCUT2D eigenvalue weighted by molar-refractivity contribution is 0.609. The molecule has 1 aromatic carbocycles. The van der Waals surface area contributed by atoms with Crippen molar-refractivity contribution in [2.75, 3.05) is 0 Å². The molecular formula is C11H11ClN2O2S. The smallest absolute Gasteiger partial charge is 0.261 e. The fraction of sp³-hybridized carbons (Fsp3) is 0.182. The van der Waals surface area contributed by atoms with E-state index in [1.807, 2.05) is 12.3 Å². The minimum Gasteiger partial charge on any atom is -0.275 e. The van der Waals surface area contributed by atoms with Gasteiger partial charge >= 0.3 is 0 Å². The van der Waals surface area contributed by atoms with E-state index in [2.05, 4.69) is 5.10 Å². The first kappa shape index (κ1) is 12.1. The highest BCUT2D eigenvalue weighted by molar-refractivity contribution is 8.13. The first-order chi connectivity index (χ1) is 7.88. The molecule has 0 spiro atoms. The van der Waals surface area contributed by atoms with Crippen molar-refractivity contribution in [3.8, 4) is 11.1 Å². The predicted molar refractivity (Wildman–Crippen MR) is 66.4 cm³/mol. The first-order valence-electron chi connectivity index (χ1n) is 4.92. The van der Waals surface area contributed by atoms with E-state index in [-0.39, 0.29) is 4.90 Å². The molecule has 0 saturated heterocycles. The summed E-state index contributed by atoms with van der Waals surface area (Å²) in [4.78, 5) is 0.139. The minimum absolute atomic E-state index is 0.139. The minimum atomic E-state index is -3.71. The molecule has 0 bridgehead atoms. The van der Waals surface area contributed by atoms with Gasteiger partial charge in [-0.1, -0.05) is 12.1 Å². The third-order valence-electron chi connectivity index (χ3n) is 2.49. The Kier molecular flexibility index (Phi) is 2.97. The van der Waals surface area contributed by atoms with Gasteiger partial charge in [0.25, 0.3) is 9.05 Å². The van der Waals surface area contributed by atoms with Crippen molar-refractivity contribution in [2.45, 2.75) is 11.8 Å². The van der Waals surface area contributed by atoms with Gasteiger partial charge in [0.1, 0.15) is 0 Å². The lowest BCUT2D eigenvalue weighted by Crippen LogP contribution is -1.94. The molecule has 4 nitrogen and oxygen atoms in total. The Labute approximate surface area is 104 Å². The van der Waals surface area contributed by atoms with Crippen molar-refractivity contribution in [1.82, 2.24) is 9.78 Å². The van der Waals surface area contributed by atoms with Crippen LogP contribution in [0.15, 0.2) is 35.5 Å². The molecule has 6 heteroatoms. The quantitative estimate of drug-likeness (QED) is 0.787. The number of hydrogen-bond donors (Lipinski definition) is 0. The summed E-state index contributed by atoms with van der Waals surface area (Å²) >= 11 is 0. The van der Waals surface area contributed by atoms with Gasteiger partial charge in [0, 0.05) is 29.5 Å². The molecule has 1 aromatic heterocycles. The van der Waals surface area contributed by atoms with Crippen molar-refractivity contribution >= 4 is 19.7 Å². The van der Waals surface area contributed by atoms with E-state index in [0.717, 1.165) is 11.1 Å². The van der Waals surface area contributed by atoms with Gasteiger partial charge in [-0.15, -0.1) is 0 Å². The highest BCUT2D eigenvalue weighted by atomic mass is 35.7. The summed E-state index contributed by atoms with van der Waals surface area (Å²) in [5, 5.41) is 4.04. The van der Waals surface area contributed by atoms with Crippen LogP contribution in [0.3, 0.4) is 0 Å². The fourth-order valence-electron chi connectivity index (χ4n) is 1.61. The molecule has 0 unspecified atom stereocenters. The zero-order valence-electron chi connectivity index (χ0n) is 9.38. The Bertz CT molecular complexity index is 662. The molecule has 17 heavy (non-hydrogen) atoms. The van der Waals surface area contributed by atoms with Crippen LogP contribution in [0.25, 0.3) is 11.1 Å². The summed E-state index contributed by atoms with van der Waals surface area (Å²) in [6.07, 6.45) is 3.49. The normalized spacial score (nSPS) is 11.7. The molecular weight excluding hydrogens is 260 g/mol. The van der Waals surface area contributed by atoms with Crippen LogP contribution in [0.2, 0.25) is 0 Å². The van der Waals surface area contributed by atoms with Gasteiger partial charge in [-0.25, -0.2) is 8.42 Å². The highest BCUT2D eigenvalue weighted by Gasteiger charge is 2.14. The lowest BCUT2D eigenvalue weighted by atomic mass is 10.1. The van der Waals surface area contributed by atoms with Crippen molar-refractivity contribution in [3.63, 3.8) is 0 Å². The molecule has 0 aliphatic carbocycles. The average Bonchev–Trinajstić information content (AvgIpc) is 2.64. The summed E-state index contributed by atoms with van der Waals surface area (Å²) < 4.78 is 24.4. The Morgan fingerprint density at radius 3 is 2.53 bits per heavy atom. The zero-order chi connectivity index (χ0) is 12.6. The van der Waals surface area contributed by atoms with Crippen molar-refractivity contribution in [1.29, 1.82) is 0 Å². The van der Waals surface area contributed by atoms with Crippen LogP contribution in [0.1, 0.15) is 5.56 Å². The highest BCUT2D eigenvalue weighted by Crippen LogP contribution is 2.26. The lowest BCUT2D eigenvalue weighted by Gasteiger charge is -2.04. The van der Waals surface area contributed by atoms with Gasteiger partial charge in [-0.2, -0.15) is 5.10 Å². The van der Waals surface area contributed by atoms with Crippen molar-refractivity contribution in [3.05, 3.63) is 36.2 Å². The maximum Gasteiger partial charge on any atom is 0.261 e. The Morgan fingerprint density at radius 2 is 2.00 bits per heavy atom. The largest absolute Gasteiger partial charge is 0.275 e. The summed E-state index contributed by atoms with van der Waals surface area (Å²) in [6.45, 7) is 1.71. The third-order valence-corrected chi connectivity index (χ3v) is 3.95. The van der Waals surface area contributed by atoms with E-state index in [9.17, 15) is 8.42 Å². The summed E-state index contributed by atoms with van der Waals surface area (Å²) in [5.74, 6) is 0. The van der Waals surface area contributed by atoms with E-state index < -0.39 is 9.05 Å². The van der Waals surface area contributed by atoms with E-state index in [1.54, 1.807) is 37.0 Å². The molecule has 2 aromatic rings. The second-order valence-electron chi connectivity index (χ2n) is 3.82. The van der Waals surface area contributed by atoms with Crippen LogP contribution in [0.4, 0.5) is 0 Å². The molecule has 1 heterocycles. The van der Waals surface area contributed by atoms with Gasteiger partial charge in [0.15, 0.2) is 0 Å². The topological polar surface area (TPSA) is 52.0 Å². The number of aromatic nitrogens is 2. The molecule has 0 radical (unpaired) electrons. The van der Waals surface area contributed by atoms with E-state index >= 15 is 0 Å². The number of benzene rings is 1. The molecule has 0 atom stereocenters. The Hall–Kier alpha value is -1.33. The number of hydrogen-bond acceptors (Lipinski definition) is 3. The molecule has 90 valence electrons. The molecule has 2 rings (SSSR count). The van der Waals surface area contributed by atoms with E-state index in [4.69, 9.17) is 10.7 Å². The maximum absolute atomic E-state index is 11.4. The van der Waals surface area contributed by atoms with Crippen LogP contribution in [0.5, 0.6) is 0 Å². The van der Waals surface area contributed by atoms with Crippen LogP contribution in [-0.4, -0.2) is 18.2 Å². The Balaban J connectivity index is 2.59. The molecule has 0 amide bonds. The van der Waals surface area contributed by atoms with Crippen LogP contribution in [-0.2, 0) is 16.1 Å². The number of nitrogens with zero attached hydrogens (tertiary/aromatic N) is 2. The maximum atomic E-state index is 11.4. The first-order valence-corrected chi connectivity index (χ1v) is 7.23. The molecule has 0 N–H and O–H groups in total. The second kappa shape index (κ2) is 4.16. The summed E-state index contributed by atoms with van der Waals surface area (Å²) in [5.41, 5.74) is 2.27. The molecule has 0 aliphatic heterocycles. The monoisotopic (exact) mass is 270 g/mol. The van der Waals surface area contributed by atoms with E-state index in [1.165, 1.54) is 0 Å². The fourth-order valence-corrected chi connectivity index (χ4v) is 2.83. The van der Waals surface area contributed by atoms with Crippen LogP contribution in [0, 0.1) is 6.92 Å². The van der Waals surface area contributed by atoms with Gasteiger partial charge in [-0.3, -0.25) is 4.68 Å². The predicted octanol–water partition coefficient (Wildman–Crippen LogP) is 2.32. The molecule has 0 aliphatic rings. The van der Waals surface area contributed by atoms with Gasteiger partial charge < -0.3 is 0 Å². The number of halogens is 1. The van der Waals surface area contributed by atoms with Crippen LogP contribution >= 0.6 is 10.7 Å². The van der Waals surface area contributed by atoms with E-state index in [0.29, 0.717) is 5.56 Å². The van der Waals surface area contributed by atoms with Crippen LogP contribution < -0.4 is 0 Å².